The number of phenolic OH excluding ortho intramolecular Hbond substituents is 1. The van der Waals surface area contributed by atoms with Crippen molar-refractivity contribution in [3.63, 3.8) is 0 Å². The van der Waals surface area contributed by atoms with Gasteiger partial charge in [-0.15, -0.1) is 0 Å². The van der Waals surface area contributed by atoms with Crippen LogP contribution in [0.3, 0.4) is 0 Å². The fraction of sp³-hybridized carbons (Fsp3) is 0.364. The Balaban J connectivity index is 1.33. The SMILES string of the molecule is Cc1ccc(O)c(C)c1NC(=O)c1cnc(Nc2ccn(CC(=O)NC3CCOCC3)n2)s1. The summed E-state index contributed by atoms with van der Waals surface area (Å²) < 4.78 is 6.85. The molecule has 1 fully saturated rings. The minimum Gasteiger partial charge on any atom is -0.508 e. The summed E-state index contributed by atoms with van der Waals surface area (Å²) in [5.41, 5.74) is 2.05. The third kappa shape index (κ3) is 5.68. The lowest BCUT2D eigenvalue weighted by atomic mass is 10.1. The third-order valence-corrected chi connectivity index (χ3v) is 6.29. The summed E-state index contributed by atoms with van der Waals surface area (Å²) >= 11 is 1.18. The summed E-state index contributed by atoms with van der Waals surface area (Å²) in [6.45, 7) is 5.07. The predicted molar refractivity (Wildman–Crippen MR) is 125 cm³/mol. The van der Waals surface area contributed by atoms with Crippen LogP contribution in [-0.4, -0.2) is 50.9 Å². The Morgan fingerprint density at radius 1 is 1.24 bits per heavy atom. The van der Waals surface area contributed by atoms with Gasteiger partial charge in [0.25, 0.3) is 5.91 Å². The molecule has 0 bridgehead atoms. The van der Waals surface area contributed by atoms with Crippen LogP contribution in [0.4, 0.5) is 16.6 Å². The van der Waals surface area contributed by atoms with Gasteiger partial charge >= 0.3 is 0 Å². The summed E-state index contributed by atoms with van der Waals surface area (Å²) in [5.74, 6) is 0.240. The third-order valence-electron chi connectivity index (χ3n) is 5.38. The highest BCUT2D eigenvalue weighted by atomic mass is 32.1. The standard InChI is InChI=1S/C22H26N6O4S/c1-13-3-4-16(29)14(2)20(13)26-21(31)17-11-23-22(33-17)25-18-5-8-28(27-18)12-19(30)24-15-6-9-32-10-7-15/h3-5,8,11,15,29H,6-7,9-10,12H2,1-2H3,(H,24,30)(H,26,31)(H,23,25,27). The highest BCUT2D eigenvalue weighted by molar-refractivity contribution is 7.17. The largest absolute Gasteiger partial charge is 0.508 e. The topological polar surface area (TPSA) is 130 Å². The molecule has 0 unspecified atom stereocenters. The van der Waals surface area contributed by atoms with E-state index in [9.17, 15) is 14.7 Å². The van der Waals surface area contributed by atoms with E-state index in [1.54, 1.807) is 36.0 Å². The molecule has 11 heteroatoms. The predicted octanol–water partition coefficient (Wildman–Crippen LogP) is 2.95. The van der Waals surface area contributed by atoms with Crippen LogP contribution in [0.15, 0.2) is 30.6 Å². The molecule has 1 saturated heterocycles. The molecule has 0 radical (unpaired) electrons. The molecule has 3 aromatic rings. The highest BCUT2D eigenvalue weighted by Crippen LogP contribution is 2.29. The summed E-state index contributed by atoms with van der Waals surface area (Å²) in [4.78, 5) is 29.6. The first kappa shape index (κ1) is 22.7. The van der Waals surface area contributed by atoms with Gasteiger partial charge in [-0.1, -0.05) is 17.4 Å². The molecule has 4 rings (SSSR count). The number of thiazole rings is 1. The molecule has 0 saturated carbocycles. The lowest BCUT2D eigenvalue weighted by Crippen LogP contribution is -2.40. The number of aryl methyl sites for hydroxylation is 1. The maximum absolute atomic E-state index is 12.7. The van der Waals surface area contributed by atoms with Gasteiger partial charge in [-0.05, 0) is 38.3 Å². The van der Waals surface area contributed by atoms with Crippen LogP contribution in [0.25, 0.3) is 0 Å². The number of hydrogen-bond acceptors (Lipinski definition) is 8. The lowest BCUT2D eigenvalue weighted by molar-refractivity contribution is -0.123. The Morgan fingerprint density at radius 2 is 2.03 bits per heavy atom. The van der Waals surface area contributed by atoms with E-state index in [-0.39, 0.29) is 30.2 Å². The molecule has 10 nitrogen and oxygen atoms in total. The molecule has 0 aliphatic carbocycles. The van der Waals surface area contributed by atoms with E-state index in [2.05, 4.69) is 26.0 Å². The molecular formula is C22H26N6O4S. The Bertz CT molecular complexity index is 1150. The number of carbonyl (C=O) groups is 2. The zero-order chi connectivity index (χ0) is 23.4. The summed E-state index contributed by atoms with van der Waals surface area (Å²) in [6, 6.07) is 5.23. The Labute approximate surface area is 195 Å². The lowest BCUT2D eigenvalue weighted by Gasteiger charge is -2.23. The molecule has 1 aliphatic heterocycles. The van der Waals surface area contributed by atoms with E-state index >= 15 is 0 Å². The summed E-state index contributed by atoms with van der Waals surface area (Å²) in [6.07, 6.45) is 4.83. The molecule has 33 heavy (non-hydrogen) atoms. The van der Waals surface area contributed by atoms with Crippen LogP contribution in [0, 0.1) is 13.8 Å². The van der Waals surface area contributed by atoms with Crippen molar-refractivity contribution in [1.29, 1.82) is 0 Å². The Hall–Kier alpha value is -3.44. The molecular weight excluding hydrogens is 444 g/mol. The number of ether oxygens (including phenoxy) is 1. The number of amides is 2. The van der Waals surface area contributed by atoms with E-state index in [0.29, 0.717) is 40.3 Å². The Morgan fingerprint density at radius 3 is 2.82 bits per heavy atom. The van der Waals surface area contributed by atoms with E-state index in [1.807, 2.05) is 6.92 Å². The number of rotatable bonds is 7. The van der Waals surface area contributed by atoms with Crippen LogP contribution in [0.5, 0.6) is 5.75 Å². The van der Waals surface area contributed by atoms with Gasteiger partial charge in [0.2, 0.25) is 5.91 Å². The van der Waals surface area contributed by atoms with E-state index in [0.717, 1.165) is 18.4 Å². The van der Waals surface area contributed by atoms with E-state index < -0.39 is 0 Å². The number of anilines is 3. The van der Waals surface area contributed by atoms with Gasteiger partial charge in [0.15, 0.2) is 10.9 Å². The number of aromatic hydroxyl groups is 1. The van der Waals surface area contributed by atoms with Crippen molar-refractivity contribution in [2.24, 2.45) is 0 Å². The van der Waals surface area contributed by atoms with Crippen molar-refractivity contribution in [3.05, 3.63) is 46.6 Å². The van der Waals surface area contributed by atoms with E-state index in [4.69, 9.17) is 4.74 Å². The van der Waals surface area contributed by atoms with Gasteiger partial charge in [0.05, 0.1) is 11.9 Å². The average molecular weight is 471 g/mol. The van der Waals surface area contributed by atoms with Crippen LogP contribution < -0.4 is 16.0 Å². The van der Waals surface area contributed by atoms with Gasteiger partial charge in [0.1, 0.15) is 17.2 Å². The number of benzene rings is 1. The van der Waals surface area contributed by atoms with Gasteiger partial charge < -0.3 is 25.8 Å². The monoisotopic (exact) mass is 470 g/mol. The molecule has 1 aromatic carbocycles. The molecule has 4 N–H and O–H groups in total. The number of nitrogens with one attached hydrogen (secondary N) is 3. The minimum absolute atomic E-state index is 0.0951. The Kier molecular flexibility index (Phi) is 6.90. The molecule has 2 aromatic heterocycles. The highest BCUT2D eigenvalue weighted by Gasteiger charge is 2.17. The van der Waals surface area contributed by atoms with Crippen molar-refractivity contribution in [3.8, 4) is 5.75 Å². The van der Waals surface area contributed by atoms with Crippen molar-refractivity contribution >= 4 is 39.8 Å². The fourth-order valence-electron chi connectivity index (χ4n) is 3.53. The molecule has 174 valence electrons. The molecule has 0 spiro atoms. The number of hydrogen-bond donors (Lipinski definition) is 4. The number of phenols is 1. The summed E-state index contributed by atoms with van der Waals surface area (Å²) in [7, 11) is 0. The first-order valence-corrected chi connectivity index (χ1v) is 11.4. The molecule has 2 amide bonds. The van der Waals surface area contributed by atoms with Crippen LogP contribution in [-0.2, 0) is 16.1 Å². The van der Waals surface area contributed by atoms with Crippen LogP contribution in [0.2, 0.25) is 0 Å². The van der Waals surface area contributed by atoms with Crippen LogP contribution in [0.1, 0.15) is 33.6 Å². The van der Waals surface area contributed by atoms with Crippen molar-refractivity contribution in [2.45, 2.75) is 39.3 Å². The van der Waals surface area contributed by atoms with E-state index in [1.165, 1.54) is 17.5 Å². The number of carbonyl (C=O) groups excluding carboxylic acids is 2. The smallest absolute Gasteiger partial charge is 0.267 e. The maximum atomic E-state index is 12.7. The number of aromatic nitrogens is 3. The quantitative estimate of drug-likeness (QED) is 0.418. The zero-order valence-corrected chi connectivity index (χ0v) is 19.2. The second-order valence-corrected chi connectivity index (χ2v) is 8.89. The van der Waals surface area contributed by atoms with Gasteiger partial charge in [-0.3, -0.25) is 14.3 Å². The van der Waals surface area contributed by atoms with Crippen molar-refractivity contribution in [2.75, 3.05) is 23.8 Å². The number of nitrogens with zero attached hydrogens (tertiary/aromatic N) is 3. The average Bonchev–Trinajstić information content (AvgIpc) is 3.44. The van der Waals surface area contributed by atoms with Gasteiger partial charge in [0, 0.05) is 37.1 Å². The first-order chi connectivity index (χ1) is 15.9. The van der Waals surface area contributed by atoms with Crippen molar-refractivity contribution < 1.29 is 19.4 Å². The summed E-state index contributed by atoms with van der Waals surface area (Å²) in [5, 5.41) is 23.7. The first-order valence-electron chi connectivity index (χ1n) is 10.6. The fourth-order valence-corrected chi connectivity index (χ4v) is 4.25. The normalized spacial score (nSPS) is 14.1. The van der Waals surface area contributed by atoms with Crippen LogP contribution >= 0.6 is 11.3 Å². The van der Waals surface area contributed by atoms with Gasteiger partial charge in [-0.2, -0.15) is 5.10 Å². The van der Waals surface area contributed by atoms with Crippen molar-refractivity contribution in [1.82, 2.24) is 20.1 Å². The minimum atomic E-state index is -0.312. The maximum Gasteiger partial charge on any atom is 0.267 e. The zero-order valence-electron chi connectivity index (χ0n) is 18.4. The second-order valence-electron chi connectivity index (χ2n) is 7.86. The molecule has 1 aliphatic rings. The second kappa shape index (κ2) is 10.0. The molecule has 3 heterocycles. The molecule has 0 atom stereocenters. The van der Waals surface area contributed by atoms with Gasteiger partial charge in [-0.25, -0.2) is 4.98 Å².